The highest BCUT2D eigenvalue weighted by molar-refractivity contribution is 7.19. The second kappa shape index (κ2) is 8.06. The lowest BCUT2D eigenvalue weighted by Gasteiger charge is -2.12. The second-order valence-corrected chi connectivity index (χ2v) is 8.21. The first-order valence-electron chi connectivity index (χ1n) is 9.45. The summed E-state index contributed by atoms with van der Waals surface area (Å²) < 4.78 is 1.79. The van der Waals surface area contributed by atoms with Crippen LogP contribution in [-0.2, 0) is 13.0 Å². The van der Waals surface area contributed by atoms with Gasteiger partial charge in [-0.15, -0.1) is 11.3 Å². The van der Waals surface area contributed by atoms with Gasteiger partial charge in [0.15, 0.2) is 0 Å². The predicted octanol–water partition coefficient (Wildman–Crippen LogP) is 5.31. The first-order chi connectivity index (χ1) is 13.0. The van der Waals surface area contributed by atoms with Crippen molar-refractivity contribution in [2.45, 2.75) is 59.9 Å². The van der Waals surface area contributed by atoms with Crippen LogP contribution >= 0.6 is 11.3 Å². The number of aromatic nitrogens is 2. The third-order valence-corrected chi connectivity index (χ3v) is 6.01. The number of fused-ring (bicyclic) bond motifs is 1. The summed E-state index contributed by atoms with van der Waals surface area (Å²) in [6.45, 7) is 8.90. The Morgan fingerprint density at radius 2 is 2.00 bits per heavy atom. The van der Waals surface area contributed by atoms with E-state index in [1.807, 2.05) is 0 Å². The summed E-state index contributed by atoms with van der Waals surface area (Å²) in [5.41, 5.74) is 4.57. The molecule has 0 aliphatic carbocycles. The number of nitrogens with zero attached hydrogens (tertiary/aromatic N) is 3. The molecule has 1 aromatic carbocycles. The van der Waals surface area contributed by atoms with Gasteiger partial charge in [-0.05, 0) is 50.3 Å². The van der Waals surface area contributed by atoms with Crippen LogP contribution in [-0.4, -0.2) is 9.55 Å². The average Bonchev–Trinajstić information content (AvgIpc) is 2.96. The molecular formula is C22H25N3OS. The minimum absolute atomic E-state index is 0.0268. The Hall–Kier alpha value is -2.45. The van der Waals surface area contributed by atoms with Crippen molar-refractivity contribution >= 4 is 21.6 Å². The van der Waals surface area contributed by atoms with Crippen molar-refractivity contribution in [3.8, 4) is 17.2 Å². The molecule has 0 radical (unpaired) electrons. The fourth-order valence-electron chi connectivity index (χ4n) is 3.44. The minimum atomic E-state index is 0.0268. The lowest BCUT2D eigenvalue weighted by molar-refractivity contribution is 0.585. The van der Waals surface area contributed by atoms with Crippen molar-refractivity contribution in [2.75, 3.05) is 0 Å². The Bertz CT molecular complexity index is 1090. The monoisotopic (exact) mass is 379 g/mol. The number of unbranched alkanes of at least 4 members (excludes halogenated alkanes) is 1. The van der Waals surface area contributed by atoms with Gasteiger partial charge in [-0.2, -0.15) is 5.26 Å². The van der Waals surface area contributed by atoms with E-state index in [2.05, 4.69) is 52.0 Å². The molecule has 2 aromatic heterocycles. The molecule has 0 unspecified atom stereocenters. The van der Waals surface area contributed by atoms with Gasteiger partial charge in [0, 0.05) is 29.8 Å². The molecule has 27 heavy (non-hydrogen) atoms. The van der Waals surface area contributed by atoms with Crippen LogP contribution < -0.4 is 5.56 Å². The van der Waals surface area contributed by atoms with Crippen molar-refractivity contribution in [3.05, 3.63) is 50.4 Å². The van der Waals surface area contributed by atoms with E-state index in [1.54, 1.807) is 15.9 Å². The van der Waals surface area contributed by atoms with Crippen LogP contribution in [0.1, 0.15) is 48.0 Å². The zero-order chi connectivity index (χ0) is 19.6. The SMILES string of the molecule is CCCc1nc2sc(C)c(-c3ccc(C)c(C)c3)c2c(=O)n1CCCC#N. The summed E-state index contributed by atoms with van der Waals surface area (Å²) in [5, 5.41) is 9.57. The molecule has 2 heterocycles. The summed E-state index contributed by atoms with van der Waals surface area (Å²) in [5.74, 6) is 0.834. The Morgan fingerprint density at radius 1 is 1.22 bits per heavy atom. The summed E-state index contributed by atoms with van der Waals surface area (Å²) in [6.07, 6.45) is 2.82. The van der Waals surface area contributed by atoms with Crippen molar-refractivity contribution in [1.29, 1.82) is 5.26 Å². The number of aryl methyl sites for hydroxylation is 4. The lowest BCUT2D eigenvalue weighted by Crippen LogP contribution is -2.25. The van der Waals surface area contributed by atoms with Crippen LogP contribution in [0.3, 0.4) is 0 Å². The number of hydrogen-bond donors (Lipinski definition) is 0. The van der Waals surface area contributed by atoms with Gasteiger partial charge < -0.3 is 0 Å². The summed E-state index contributed by atoms with van der Waals surface area (Å²) in [6, 6.07) is 8.52. The highest BCUT2D eigenvalue weighted by atomic mass is 32.1. The summed E-state index contributed by atoms with van der Waals surface area (Å²) in [4.78, 5) is 20.2. The van der Waals surface area contributed by atoms with Crippen LogP contribution in [0.4, 0.5) is 0 Å². The topological polar surface area (TPSA) is 58.7 Å². The third kappa shape index (κ3) is 3.68. The Balaban J connectivity index is 2.25. The van der Waals surface area contributed by atoms with Gasteiger partial charge in [-0.3, -0.25) is 9.36 Å². The average molecular weight is 380 g/mol. The molecule has 4 nitrogen and oxygen atoms in total. The molecular weight excluding hydrogens is 354 g/mol. The molecule has 140 valence electrons. The number of thiophene rings is 1. The molecule has 0 aliphatic heterocycles. The Morgan fingerprint density at radius 3 is 2.67 bits per heavy atom. The van der Waals surface area contributed by atoms with E-state index < -0.39 is 0 Å². The van der Waals surface area contributed by atoms with Gasteiger partial charge in [0.2, 0.25) is 0 Å². The molecule has 3 aromatic rings. The van der Waals surface area contributed by atoms with E-state index in [4.69, 9.17) is 10.2 Å². The molecule has 0 bridgehead atoms. The maximum absolute atomic E-state index is 13.4. The second-order valence-electron chi connectivity index (χ2n) is 7.01. The first kappa shape index (κ1) is 19.3. The van der Waals surface area contributed by atoms with Gasteiger partial charge in [-0.25, -0.2) is 4.98 Å². The fraction of sp³-hybridized carbons (Fsp3) is 0.409. The number of benzene rings is 1. The number of nitriles is 1. The van der Waals surface area contributed by atoms with Crippen LogP contribution in [0.25, 0.3) is 21.3 Å². The van der Waals surface area contributed by atoms with E-state index in [1.165, 1.54) is 11.1 Å². The largest absolute Gasteiger partial charge is 0.296 e. The molecule has 0 saturated carbocycles. The molecule has 0 fully saturated rings. The zero-order valence-corrected chi connectivity index (χ0v) is 17.2. The Labute approximate surface area is 164 Å². The van der Waals surface area contributed by atoms with Crippen LogP contribution in [0.2, 0.25) is 0 Å². The summed E-state index contributed by atoms with van der Waals surface area (Å²) in [7, 11) is 0. The normalized spacial score (nSPS) is 11.1. The highest BCUT2D eigenvalue weighted by Gasteiger charge is 2.19. The van der Waals surface area contributed by atoms with Crippen molar-refractivity contribution in [3.63, 3.8) is 0 Å². The van der Waals surface area contributed by atoms with E-state index in [0.29, 0.717) is 19.4 Å². The van der Waals surface area contributed by atoms with Crippen molar-refractivity contribution in [2.24, 2.45) is 0 Å². The molecule has 0 atom stereocenters. The molecule has 0 N–H and O–H groups in total. The van der Waals surface area contributed by atoms with Crippen LogP contribution in [0.5, 0.6) is 0 Å². The van der Waals surface area contributed by atoms with Gasteiger partial charge >= 0.3 is 0 Å². The van der Waals surface area contributed by atoms with Crippen molar-refractivity contribution < 1.29 is 0 Å². The third-order valence-electron chi connectivity index (χ3n) is 5.01. The quantitative estimate of drug-likeness (QED) is 0.546. The molecule has 0 amide bonds. The molecule has 5 heteroatoms. The van der Waals surface area contributed by atoms with Crippen LogP contribution in [0.15, 0.2) is 23.0 Å². The number of rotatable bonds is 6. The maximum atomic E-state index is 13.4. The zero-order valence-electron chi connectivity index (χ0n) is 16.4. The van der Waals surface area contributed by atoms with E-state index in [0.717, 1.165) is 44.9 Å². The van der Waals surface area contributed by atoms with E-state index in [-0.39, 0.29) is 5.56 Å². The van der Waals surface area contributed by atoms with Crippen LogP contribution in [0, 0.1) is 32.1 Å². The smallest absolute Gasteiger partial charge is 0.262 e. The maximum Gasteiger partial charge on any atom is 0.262 e. The standard InChI is InChI=1S/C22H25N3OS/c1-5-8-18-24-21-20(22(26)25(18)12-7-6-11-23)19(16(4)27-21)17-10-9-14(2)15(3)13-17/h9-10,13H,5-8,12H2,1-4H3. The molecule has 0 spiro atoms. The van der Waals surface area contributed by atoms with Gasteiger partial charge in [0.1, 0.15) is 10.7 Å². The van der Waals surface area contributed by atoms with E-state index in [9.17, 15) is 4.79 Å². The van der Waals surface area contributed by atoms with Crippen molar-refractivity contribution in [1.82, 2.24) is 9.55 Å². The fourth-order valence-corrected chi connectivity index (χ4v) is 4.50. The first-order valence-corrected chi connectivity index (χ1v) is 10.3. The summed E-state index contributed by atoms with van der Waals surface area (Å²) >= 11 is 1.60. The molecule has 3 rings (SSSR count). The predicted molar refractivity (Wildman–Crippen MR) is 112 cm³/mol. The highest BCUT2D eigenvalue weighted by Crippen LogP contribution is 2.36. The Kier molecular flexibility index (Phi) is 5.76. The van der Waals surface area contributed by atoms with Gasteiger partial charge in [0.05, 0.1) is 11.5 Å². The van der Waals surface area contributed by atoms with Gasteiger partial charge in [-0.1, -0.05) is 25.1 Å². The minimum Gasteiger partial charge on any atom is -0.296 e. The molecule has 0 aliphatic rings. The molecule has 0 saturated heterocycles. The lowest BCUT2D eigenvalue weighted by atomic mass is 9.99. The number of hydrogen-bond acceptors (Lipinski definition) is 4. The van der Waals surface area contributed by atoms with Gasteiger partial charge in [0.25, 0.3) is 5.56 Å². The van der Waals surface area contributed by atoms with E-state index >= 15 is 0 Å².